The first-order valence-electron chi connectivity index (χ1n) is 3.61. The molecule has 0 aliphatic carbocycles. The molecule has 0 aromatic heterocycles. The highest BCUT2D eigenvalue weighted by Gasteiger charge is 2.05. The molecule has 0 saturated heterocycles. The smallest absolute Gasteiger partial charge is 0.141 e. The minimum atomic E-state index is -0.437. The lowest BCUT2D eigenvalue weighted by Crippen LogP contribution is -1.98. The number of alkyl halides is 1. The Morgan fingerprint density at radius 3 is 2.85 bits per heavy atom. The van der Waals surface area contributed by atoms with E-state index in [1.807, 2.05) is 6.07 Å². The van der Waals surface area contributed by atoms with Crippen molar-refractivity contribution in [3.8, 4) is 6.07 Å². The van der Waals surface area contributed by atoms with E-state index in [1.54, 1.807) is 6.07 Å². The molecule has 0 radical (unpaired) electrons. The van der Waals surface area contributed by atoms with E-state index in [-0.39, 0.29) is 9.85 Å². The molecular formula is C9H6BrClFN. The maximum absolute atomic E-state index is 12.7. The van der Waals surface area contributed by atoms with Crippen molar-refractivity contribution in [3.05, 3.63) is 34.6 Å². The largest absolute Gasteiger partial charge is 0.205 e. The molecule has 0 heterocycles. The predicted molar refractivity (Wildman–Crippen MR) is 53.4 cm³/mol. The molecule has 1 aromatic carbocycles. The normalized spacial score (nSPS) is 12.2. The first kappa shape index (κ1) is 10.5. The second kappa shape index (κ2) is 4.59. The van der Waals surface area contributed by atoms with E-state index < -0.39 is 5.82 Å². The van der Waals surface area contributed by atoms with Gasteiger partial charge in [0.2, 0.25) is 0 Å². The zero-order valence-corrected chi connectivity index (χ0v) is 8.94. The van der Waals surface area contributed by atoms with Crippen molar-refractivity contribution in [1.82, 2.24) is 0 Å². The molecule has 13 heavy (non-hydrogen) atoms. The van der Waals surface area contributed by atoms with E-state index in [0.717, 1.165) is 5.56 Å². The molecule has 68 valence electrons. The Labute approximate surface area is 89.3 Å². The lowest BCUT2D eigenvalue weighted by molar-refractivity contribution is 0.627. The lowest BCUT2D eigenvalue weighted by Gasteiger charge is -2.02. The fourth-order valence-corrected chi connectivity index (χ4v) is 1.50. The van der Waals surface area contributed by atoms with Crippen LogP contribution in [0, 0.1) is 17.1 Å². The van der Waals surface area contributed by atoms with Gasteiger partial charge in [-0.3, -0.25) is 0 Å². The molecule has 1 atom stereocenters. The number of halogens is 3. The van der Waals surface area contributed by atoms with Crippen molar-refractivity contribution in [2.45, 2.75) is 11.2 Å². The van der Waals surface area contributed by atoms with E-state index >= 15 is 0 Å². The van der Waals surface area contributed by atoms with Gasteiger partial charge in [-0.1, -0.05) is 33.6 Å². The summed E-state index contributed by atoms with van der Waals surface area (Å²) in [5.41, 5.74) is 0.842. The Balaban J connectivity index is 2.81. The molecular weight excluding hydrogens is 256 g/mol. The van der Waals surface area contributed by atoms with Crippen LogP contribution in [-0.4, -0.2) is 4.83 Å². The fraction of sp³-hybridized carbons (Fsp3) is 0.222. The van der Waals surface area contributed by atoms with Crippen LogP contribution >= 0.6 is 27.5 Å². The van der Waals surface area contributed by atoms with Crippen molar-refractivity contribution in [2.24, 2.45) is 0 Å². The molecule has 1 rings (SSSR count). The van der Waals surface area contributed by atoms with Gasteiger partial charge in [0.25, 0.3) is 0 Å². The van der Waals surface area contributed by atoms with Crippen LogP contribution in [0.2, 0.25) is 5.02 Å². The monoisotopic (exact) mass is 261 g/mol. The minimum absolute atomic E-state index is 0.0927. The van der Waals surface area contributed by atoms with Gasteiger partial charge >= 0.3 is 0 Å². The topological polar surface area (TPSA) is 23.8 Å². The number of hydrogen-bond acceptors (Lipinski definition) is 1. The first-order chi connectivity index (χ1) is 6.13. The number of nitriles is 1. The average Bonchev–Trinajstić information content (AvgIpc) is 2.11. The van der Waals surface area contributed by atoms with Gasteiger partial charge in [0.05, 0.1) is 11.1 Å². The van der Waals surface area contributed by atoms with Gasteiger partial charge in [-0.2, -0.15) is 5.26 Å². The highest BCUT2D eigenvalue weighted by Crippen LogP contribution is 2.18. The van der Waals surface area contributed by atoms with E-state index in [9.17, 15) is 4.39 Å². The Hall–Kier alpha value is -0.590. The minimum Gasteiger partial charge on any atom is -0.205 e. The number of nitrogens with zero attached hydrogens (tertiary/aromatic N) is 1. The van der Waals surface area contributed by atoms with Crippen LogP contribution in [0.4, 0.5) is 4.39 Å². The summed E-state index contributed by atoms with van der Waals surface area (Å²) >= 11 is 8.73. The highest BCUT2D eigenvalue weighted by atomic mass is 79.9. The number of benzene rings is 1. The van der Waals surface area contributed by atoms with Crippen LogP contribution in [0.25, 0.3) is 0 Å². The van der Waals surface area contributed by atoms with Gasteiger partial charge in [-0.05, 0) is 24.1 Å². The molecule has 0 amide bonds. The summed E-state index contributed by atoms with van der Waals surface area (Å²) in [5.74, 6) is -0.437. The van der Waals surface area contributed by atoms with Crippen molar-refractivity contribution < 1.29 is 4.39 Å². The Kier molecular flexibility index (Phi) is 3.71. The predicted octanol–water partition coefficient (Wildman–Crippen LogP) is 3.31. The van der Waals surface area contributed by atoms with Crippen LogP contribution < -0.4 is 0 Å². The maximum Gasteiger partial charge on any atom is 0.141 e. The molecule has 0 bridgehead atoms. The molecule has 0 aliphatic heterocycles. The molecule has 0 aliphatic rings. The summed E-state index contributed by atoms with van der Waals surface area (Å²) < 4.78 is 12.7. The Bertz CT molecular complexity index is 348. The number of rotatable bonds is 2. The highest BCUT2D eigenvalue weighted by molar-refractivity contribution is 9.09. The molecule has 0 saturated carbocycles. The van der Waals surface area contributed by atoms with Crippen molar-refractivity contribution in [3.63, 3.8) is 0 Å². The van der Waals surface area contributed by atoms with Gasteiger partial charge in [-0.25, -0.2) is 4.39 Å². The van der Waals surface area contributed by atoms with Gasteiger partial charge < -0.3 is 0 Å². The van der Waals surface area contributed by atoms with Crippen molar-refractivity contribution >= 4 is 27.5 Å². The molecule has 1 aromatic rings. The van der Waals surface area contributed by atoms with E-state index in [2.05, 4.69) is 15.9 Å². The SMILES string of the molecule is N#CC(Br)Cc1ccc(F)c(Cl)c1. The second-order valence-corrected chi connectivity index (χ2v) is 4.06. The van der Waals surface area contributed by atoms with Crippen LogP contribution in [0.3, 0.4) is 0 Å². The average molecular weight is 263 g/mol. The van der Waals surface area contributed by atoms with Gasteiger partial charge in [0.1, 0.15) is 10.6 Å². The van der Waals surface area contributed by atoms with E-state index in [4.69, 9.17) is 16.9 Å². The zero-order valence-electron chi connectivity index (χ0n) is 6.60. The third-order valence-electron chi connectivity index (χ3n) is 1.54. The molecule has 0 spiro atoms. The summed E-state index contributed by atoms with van der Waals surface area (Å²) in [7, 11) is 0. The van der Waals surface area contributed by atoms with Crippen molar-refractivity contribution in [2.75, 3.05) is 0 Å². The number of hydrogen-bond donors (Lipinski definition) is 0. The summed E-state index contributed by atoms with van der Waals surface area (Å²) in [6, 6.07) is 6.48. The Morgan fingerprint density at radius 1 is 1.62 bits per heavy atom. The summed E-state index contributed by atoms with van der Waals surface area (Å²) in [5, 5.41) is 8.61. The summed E-state index contributed by atoms with van der Waals surface area (Å²) in [6.07, 6.45) is 0.524. The molecule has 1 unspecified atom stereocenters. The van der Waals surface area contributed by atoms with E-state index in [1.165, 1.54) is 12.1 Å². The maximum atomic E-state index is 12.7. The van der Waals surface area contributed by atoms with Gasteiger partial charge in [0.15, 0.2) is 0 Å². The Morgan fingerprint density at radius 2 is 2.31 bits per heavy atom. The third-order valence-corrected chi connectivity index (χ3v) is 2.36. The third kappa shape index (κ3) is 2.98. The fourth-order valence-electron chi connectivity index (χ4n) is 0.919. The van der Waals surface area contributed by atoms with Gasteiger partial charge in [0, 0.05) is 0 Å². The zero-order chi connectivity index (χ0) is 9.84. The molecule has 0 fully saturated rings. The van der Waals surface area contributed by atoms with Crippen LogP contribution in [0.15, 0.2) is 18.2 Å². The quantitative estimate of drug-likeness (QED) is 0.750. The van der Waals surface area contributed by atoms with Crippen LogP contribution in [-0.2, 0) is 6.42 Å². The van der Waals surface area contributed by atoms with Crippen molar-refractivity contribution in [1.29, 1.82) is 5.26 Å². The lowest BCUT2D eigenvalue weighted by atomic mass is 10.1. The van der Waals surface area contributed by atoms with E-state index in [0.29, 0.717) is 6.42 Å². The molecule has 1 nitrogen and oxygen atoms in total. The standard InChI is InChI=1S/C9H6BrClFN/c10-7(5-13)3-6-1-2-9(12)8(11)4-6/h1-2,4,7H,3H2. The van der Waals surface area contributed by atoms with Crippen LogP contribution in [0.1, 0.15) is 5.56 Å². The summed E-state index contributed by atoms with van der Waals surface area (Å²) in [6.45, 7) is 0. The summed E-state index contributed by atoms with van der Waals surface area (Å²) in [4.78, 5) is -0.256. The first-order valence-corrected chi connectivity index (χ1v) is 4.90. The second-order valence-electron chi connectivity index (χ2n) is 2.55. The van der Waals surface area contributed by atoms with Crippen LogP contribution in [0.5, 0.6) is 0 Å². The molecule has 0 N–H and O–H groups in total. The molecule has 4 heteroatoms. The van der Waals surface area contributed by atoms with Gasteiger partial charge in [-0.15, -0.1) is 0 Å².